The molecule has 3 aromatic rings. The van der Waals surface area contributed by atoms with Crippen LogP contribution in [0.2, 0.25) is 0 Å². The fourth-order valence-corrected chi connectivity index (χ4v) is 4.29. The van der Waals surface area contributed by atoms with E-state index < -0.39 is 6.10 Å². The maximum atomic E-state index is 12.9. The summed E-state index contributed by atoms with van der Waals surface area (Å²) in [5, 5.41) is 8.99. The molecule has 0 saturated carbocycles. The van der Waals surface area contributed by atoms with E-state index in [9.17, 15) is 4.79 Å². The number of aromatic nitrogens is 3. The minimum absolute atomic E-state index is 0.0166. The van der Waals surface area contributed by atoms with Gasteiger partial charge >= 0.3 is 0 Å². The summed E-state index contributed by atoms with van der Waals surface area (Å²) in [5.41, 5.74) is 0.847. The number of ether oxygens (including phenoxy) is 2. The Morgan fingerprint density at radius 3 is 2.68 bits per heavy atom. The lowest BCUT2D eigenvalue weighted by molar-refractivity contribution is -0.117. The van der Waals surface area contributed by atoms with E-state index in [4.69, 9.17) is 9.47 Å². The number of amides is 1. The van der Waals surface area contributed by atoms with Crippen LogP contribution in [0, 0.1) is 0 Å². The third-order valence-corrected chi connectivity index (χ3v) is 6.03. The number of benzene rings is 2. The molecule has 0 aliphatic carbocycles. The van der Waals surface area contributed by atoms with E-state index in [1.807, 2.05) is 66.1 Å². The number of hydrogen-bond donors (Lipinski definition) is 0. The highest BCUT2D eigenvalue weighted by molar-refractivity contribution is 8.00. The third kappa shape index (κ3) is 4.44. The molecule has 1 aliphatic heterocycles. The smallest absolute Gasteiger partial charge is 0.240 e. The molecule has 7 nitrogen and oxygen atoms in total. The molecule has 0 saturated heterocycles. The van der Waals surface area contributed by atoms with Crippen molar-refractivity contribution >= 4 is 23.4 Å². The minimum Gasteiger partial charge on any atom is -0.485 e. The van der Waals surface area contributed by atoms with Gasteiger partial charge in [0.15, 0.2) is 28.6 Å². The Balaban J connectivity index is 1.52. The second kappa shape index (κ2) is 9.26. The molecule has 1 aromatic heterocycles. The van der Waals surface area contributed by atoms with E-state index in [1.165, 1.54) is 11.8 Å². The van der Waals surface area contributed by atoms with Crippen LogP contribution in [-0.2, 0) is 11.3 Å². The molecule has 2 aromatic carbocycles. The van der Waals surface area contributed by atoms with Crippen LogP contribution in [0.4, 0.5) is 5.69 Å². The Kier molecular flexibility index (Phi) is 6.27. The molecule has 0 spiro atoms. The zero-order valence-electron chi connectivity index (χ0n) is 17.5. The van der Waals surface area contributed by atoms with Crippen LogP contribution in [0.25, 0.3) is 0 Å². The normalized spacial score (nSPS) is 15.9. The Morgan fingerprint density at radius 2 is 1.94 bits per heavy atom. The van der Waals surface area contributed by atoms with Crippen molar-refractivity contribution in [2.24, 2.45) is 0 Å². The van der Waals surface area contributed by atoms with Gasteiger partial charge in [-0.15, -0.1) is 16.8 Å². The highest BCUT2D eigenvalue weighted by Crippen LogP contribution is 2.36. The standard InChI is InChI=1S/C23H24N4O3S/c1-4-14-27-21(20-15-29-18-12-8-9-13-19(18)30-20)24-25-23(27)31-16(2)22(28)26(3)17-10-6-5-7-11-17/h4-13,16,20H,1,14-15H2,2-3H3/t16-,20-/m0/s1. The van der Waals surface area contributed by atoms with Crippen molar-refractivity contribution in [1.29, 1.82) is 0 Å². The summed E-state index contributed by atoms with van der Waals surface area (Å²) in [4.78, 5) is 14.6. The van der Waals surface area contributed by atoms with E-state index in [2.05, 4.69) is 16.8 Å². The summed E-state index contributed by atoms with van der Waals surface area (Å²) in [6.45, 7) is 6.56. The predicted octanol–water partition coefficient (Wildman–Crippen LogP) is 4.12. The first kappa shape index (κ1) is 21.0. The second-order valence-corrected chi connectivity index (χ2v) is 8.41. The number of para-hydroxylation sites is 3. The molecule has 2 heterocycles. The third-order valence-electron chi connectivity index (χ3n) is 4.96. The topological polar surface area (TPSA) is 69.5 Å². The van der Waals surface area contributed by atoms with Gasteiger partial charge in [0.1, 0.15) is 6.61 Å². The molecule has 0 fully saturated rings. The second-order valence-electron chi connectivity index (χ2n) is 7.10. The van der Waals surface area contributed by atoms with Crippen molar-refractivity contribution in [3.05, 3.63) is 73.1 Å². The minimum atomic E-state index is -0.394. The molecule has 1 aliphatic rings. The van der Waals surface area contributed by atoms with Crippen molar-refractivity contribution in [2.45, 2.75) is 30.0 Å². The molecule has 0 N–H and O–H groups in total. The summed E-state index contributed by atoms with van der Waals surface area (Å²) in [6.07, 6.45) is 1.38. The van der Waals surface area contributed by atoms with E-state index in [-0.39, 0.29) is 11.2 Å². The van der Waals surface area contributed by atoms with E-state index in [0.29, 0.717) is 35.6 Å². The van der Waals surface area contributed by atoms with E-state index >= 15 is 0 Å². The Morgan fingerprint density at radius 1 is 1.23 bits per heavy atom. The Bertz CT molecular complexity index is 1070. The van der Waals surface area contributed by atoms with Crippen molar-refractivity contribution in [3.63, 3.8) is 0 Å². The number of fused-ring (bicyclic) bond motifs is 1. The van der Waals surface area contributed by atoms with Crippen molar-refractivity contribution in [3.8, 4) is 11.5 Å². The molecular formula is C23H24N4O3S. The number of rotatable bonds is 7. The van der Waals surface area contributed by atoms with Gasteiger partial charge in [-0.25, -0.2) is 0 Å². The molecule has 1 amide bonds. The molecule has 160 valence electrons. The zero-order valence-corrected chi connectivity index (χ0v) is 18.3. The molecule has 0 unspecified atom stereocenters. The molecule has 0 radical (unpaired) electrons. The van der Waals surface area contributed by atoms with Crippen molar-refractivity contribution < 1.29 is 14.3 Å². The van der Waals surface area contributed by atoms with Gasteiger partial charge in [-0.05, 0) is 31.2 Å². The maximum Gasteiger partial charge on any atom is 0.240 e. The van der Waals surface area contributed by atoms with Gasteiger partial charge in [0.2, 0.25) is 5.91 Å². The SMILES string of the molecule is C=CCn1c(S[C@@H](C)C(=O)N(C)c2ccccc2)nnc1[C@@H]1COc2ccccc2O1. The lowest BCUT2D eigenvalue weighted by atomic mass is 10.2. The average Bonchev–Trinajstić information content (AvgIpc) is 3.20. The number of anilines is 1. The van der Waals surface area contributed by atoms with E-state index in [0.717, 1.165) is 5.69 Å². The lowest BCUT2D eigenvalue weighted by Crippen LogP contribution is -2.33. The van der Waals surface area contributed by atoms with Gasteiger partial charge < -0.3 is 14.4 Å². The van der Waals surface area contributed by atoms with Crippen LogP contribution in [0.5, 0.6) is 11.5 Å². The first-order valence-corrected chi connectivity index (χ1v) is 10.9. The molecule has 2 atom stereocenters. The van der Waals surface area contributed by atoms with Gasteiger partial charge in [-0.2, -0.15) is 0 Å². The molecule has 4 rings (SSSR count). The summed E-state index contributed by atoms with van der Waals surface area (Å²) in [5.74, 6) is 2.02. The van der Waals surface area contributed by atoms with Gasteiger partial charge in [0, 0.05) is 19.3 Å². The van der Waals surface area contributed by atoms with Gasteiger partial charge in [0.25, 0.3) is 0 Å². The van der Waals surface area contributed by atoms with Crippen molar-refractivity contribution in [2.75, 3.05) is 18.6 Å². The van der Waals surface area contributed by atoms with Gasteiger partial charge in [-0.3, -0.25) is 9.36 Å². The zero-order chi connectivity index (χ0) is 21.8. The summed E-state index contributed by atoms with van der Waals surface area (Å²) >= 11 is 1.37. The van der Waals surface area contributed by atoms with Gasteiger partial charge in [0.05, 0.1) is 5.25 Å². The fraction of sp³-hybridized carbons (Fsp3) is 0.261. The number of thioether (sulfide) groups is 1. The van der Waals surface area contributed by atoms with Gasteiger partial charge in [-0.1, -0.05) is 48.2 Å². The number of carbonyl (C=O) groups is 1. The van der Waals surface area contributed by atoms with Crippen LogP contribution < -0.4 is 14.4 Å². The first-order valence-electron chi connectivity index (χ1n) is 10.00. The monoisotopic (exact) mass is 436 g/mol. The number of nitrogens with zero attached hydrogens (tertiary/aromatic N) is 4. The molecule has 31 heavy (non-hydrogen) atoms. The lowest BCUT2D eigenvalue weighted by Gasteiger charge is -2.26. The Labute approximate surface area is 185 Å². The fourth-order valence-electron chi connectivity index (χ4n) is 3.33. The highest BCUT2D eigenvalue weighted by Gasteiger charge is 2.30. The molecular weight excluding hydrogens is 412 g/mol. The first-order chi connectivity index (χ1) is 15.1. The average molecular weight is 437 g/mol. The molecule has 8 heteroatoms. The largest absolute Gasteiger partial charge is 0.485 e. The predicted molar refractivity (Wildman–Crippen MR) is 121 cm³/mol. The summed E-state index contributed by atoms with van der Waals surface area (Å²) in [7, 11) is 1.78. The summed E-state index contributed by atoms with van der Waals surface area (Å²) < 4.78 is 13.9. The van der Waals surface area contributed by atoms with Crippen LogP contribution in [0.1, 0.15) is 18.9 Å². The number of allylic oxidation sites excluding steroid dienone is 1. The van der Waals surface area contributed by atoms with Crippen LogP contribution in [0.15, 0.2) is 72.4 Å². The quantitative estimate of drug-likeness (QED) is 0.410. The van der Waals surface area contributed by atoms with Crippen LogP contribution in [0.3, 0.4) is 0 Å². The molecule has 0 bridgehead atoms. The van der Waals surface area contributed by atoms with Crippen LogP contribution in [-0.4, -0.2) is 39.6 Å². The van der Waals surface area contributed by atoms with Crippen molar-refractivity contribution in [1.82, 2.24) is 14.8 Å². The Hall–Kier alpha value is -3.26. The number of hydrogen-bond acceptors (Lipinski definition) is 6. The number of carbonyl (C=O) groups excluding carboxylic acids is 1. The van der Waals surface area contributed by atoms with E-state index in [1.54, 1.807) is 18.0 Å². The van der Waals surface area contributed by atoms with Crippen LogP contribution >= 0.6 is 11.8 Å². The highest BCUT2D eigenvalue weighted by atomic mass is 32.2. The summed E-state index contributed by atoms with van der Waals surface area (Å²) in [6, 6.07) is 17.1. The maximum absolute atomic E-state index is 12.9.